The van der Waals surface area contributed by atoms with Crippen LogP contribution in [0.4, 0.5) is 10.5 Å². The molecule has 2 N–H and O–H groups in total. The number of carboxylic acids is 1. The Hall–Kier alpha value is -4.34. The zero-order chi connectivity index (χ0) is 25.7. The summed E-state index contributed by atoms with van der Waals surface area (Å²) in [6.45, 7) is 1.39. The first-order chi connectivity index (χ1) is 16.7. The van der Waals surface area contributed by atoms with Gasteiger partial charge in [0, 0.05) is 36.6 Å². The van der Waals surface area contributed by atoms with Gasteiger partial charge in [-0.3, -0.25) is 19.3 Å². The monoisotopic (exact) mass is 481 g/mol. The Morgan fingerprint density at radius 1 is 1.11 bits per heavy atom. The predicted molar refractivity (Wildman–Crippen MR) is 128 cm³/mol. The number of anilines is 1. The first-order valence-corrected chi connectivity index (χ1v) is 10.8. The van der Waals surface area contributed by atoms with Crippen molar-refractivity contribution in [1.29, 1.82) is 0 Å². The smallest absolute Gasteiger partial charge is 0.323 e. The number of methoxy groups -OCH3 is 2. The summed E-state index contributed by atoms with van der Waals surface area (Å²) in [5, 5.41) is 11.4. The molecule has 0 fully saturated rings. The highest BCUT2D eigenvalue weighted by atomic mass is 16.5. The quantitative estimate of drug-likeness (QED) is 0.555. The average Bonchev–Trinajstić information content (AvgIpc) is 2.84. The molecular weight excluding hydrogens is 454 g/mol. The van der Waals surface area contributed by atoms with Crippen molar-refractivity contribution in [3.63, 3.8) is 0 Å². The molecule has 0 radical (unpaired) electrons. The van der Waals surface area contributed by atoms with E-state index in [-0.39, 0.29) is 18.7 Å². The molecule has 0 aromatic heterocycles. The number of hydrogen-bond donors (Lipinski definition) is 2. The van der Waals surface area contributed by atoms with Crippen molar-refractivity contribution in [3.8, 4) is 22.6 Å². The number of carbonyl (C=O) groups is 4. The van der Waals surface area contributed by atoms with E-state index in [1.807, 2.05) is 6.07 Å². The summed E-state index contributed by atoms with van der Waals surface area (Å²) in [6.07, 6.45) is 1.10. The number of Topliss-reactive ketones (excluding diaryl/α,β-unsaturated/α-hetero) is 1. The van der Waals surface area contributed by atoms with Gasteiger partial charge in [0.15, 0.2) is 11.8 Å². The fourth-order valence-electron chi connectivity index (χ4n) is 3.77. The average molecular weight is 482 g/mol. The van der Waals surface area contributed by atoms with Gasteiger partial charge in [0.05, 0.1) is 20.6 Å². The Morgan fingerprint density at radius 2 is 1.86 bits per heavy atom. The molecule has 3 amide bonds. The number of urea groups is 1. The van der Waals surface area contributed by atoms with Gasteiger partial charge in [-0.1, -0.05) is 12.1 Å². The van der Waals surface area contributed by atoms with E-state index in [0.29, 0.717) is 22.6 Å². The van der Waals surface area contributed by atoms with Gasteiger partial charge in [0.2, 0.25) is 0 Å². The van der Waals surface area contributed by atoms with E-state index >= 15 is 0 Å². The van der Waals surface area contributed by atoms with Gasteiger partial charge in [0.25, 0.3) is 5.91 Å². The number of nitrogens with zero attached hydrogens (tertiary/aromatic N) is 2. The molecule has 0 bridgehead atoms. The van der Waals surface area contributed by atoms with Crippen molar-refractivity contribution in [2.75, 3.05) is 32.7 Å². The number of rotatable bonds is 8. The second kappa shape index (κ2) is 10.7. The minimum absolute atomic E-state index is 0.177. The molecule has 0 saturated carbocycles. The minimum Gasteiger partial charge on any atom is -0.497 e. The van der Waals surface area contributed by atoms with Gasteiger partial charge < -0.3 is 24.8 Å². The molecule has 0 aliphatic carbocycles. The van der Waals surface area contributed by atoms with Crippen molar-refractivity contribution < 1.29 is 33.8 Å². The lowest BCUT2D eigenvalue weighted by Gasteiger charge is -2.35. The summed E-state index contributed by atoms with van der Waals surface area (Å²) >= 11 is 0. The summed E-state index contributed by atoms with van der Waals surface area (Å²) in [5.74, 6) is -1.10. The van der Waals surface area contributed by atoms with Crippen LogP contribution in [0.2, 0.25) is 0 Å². The summed E-state index contributed by atoms with van der Waals surface area (Å²) in [7, 11) is 4.55. The summed E-state index contributed by atoms with van der Waals surface area (Å²) < 4.78 is 10.8. The molecule has 2 aromatic carbocycles. The number of carboxylic acid groups (broad SMARTS) is 1. The molecule has 3 rings (SSSR count). The number of likely N-dealkylation sites (N-methyl/N-ethyl adjacent to an activating group) is 1. The van der Waals surface area contributed by atoms with Crippen molar-refractivity contribution in [2.24, 2.45) is 0 Å². The number of hydrogen-bond acceptors (Lipinski definition) is 6. The maximum Gasteiger partial charge on any atom is 0.323 e. The molecule has 184 valence electrons. The van der Waals surface area contributed by atoms with Gasteiger partial charge in [-0.05, 0) is 42.8 Å². The highest BCUT2D eigenvalue weighted by Gasteiger charge is 2.41. The molecule has 1 atom stereocenters. The summed E-state index contributed by atoms with van der Waals surface area (Å²) in [4.78, 5) is 52.6. The lowest BCUT2D eigenvalue weighted by molar-refractivity contribution is -0.137. The Balaban J connectivity index is 2.13. The van der Waals surface area contributed by atoms with Gasteiger partial charge in [0.1, 0.15) is 11.5 Å². The molecular formula is C25H27N3O7. The Labute approximate surface area is 202 Å². The lowest BCUT2D eigenvalue weighted by atomic mass is 9.98. The minimum atomic E-state index is -1.46. The van der Waals surface area contributed by atoms with Crippen LogP contribution in [0.15, 0.2) is 54.2 Å². The predicted octanol–water partition coefficient (Wildman–Crippen LogP) is 2.68. The van der Waals surface area contributed by atoms with Crippen LogP contribution in [0.1, 0.15) is 13.3 Å². The largest absolute Gasteiger partial charge is 0.497 e. The first kappa shape index (κ1) is 25.3. The van der Waals surface area contributed by atoms with E-state index in [1.165, 1.54) is 25.3 Å². The number of aliphatic carboxylic acids is 1. The SMILES string of the molecule is COc1cccc(-c2cc(N(C(=O)NCCC(=O)O)[C@H]3C(=O)C(C)=CN(C)C3=O)ccc2OC)c1. The van der Waals surface area contributed by atoms with E-state index < -0.39 is 29.7 Å². The third-order valence-corrected chi connectivity index (χ3v) is 5.54. The Morgan fingerprint density at radius 3 is 2.51 bits per heavy atom. The van der Waals surface area contributed by atoms with Crippen molar-refractivity contribution in [3.05, 3.63) is 54.2 Å². The standard InChI is InChI=1S/C25H27N3O7/c1-15-14-27(2)24(32)22(23(15)31)28(25(33)26-11-10-21(29)30)17-8-9-20(35-4)19(13-17)16-6-5-7-18(12-16)34-3/h5-9,12-14,22H,10-11H2,1-4H3,(H,26,33)(H,29,30)/t22-/m0/s1. The number of benzene rings is 2. The van der Waals surface area contributed by atoms with Gasteiger partial charge in [-0.15, -0.1) is 0 Å². The summed E-state index contributed by atoms with van der Waals surface area (Å²) in [5.41, 5.74) is 1.89. The number of carbonyl (C=O) groups excluding carboxylic acids is 3. The maximum absolute atomic E-state index is 13.3. The highest BCUT2D eigenvalue weighted by molar-refractivity contribution is 6.21. The number of ether oxygens (including phenoxy) is 2. The van der Waals surface area contributed by atoms with Crippen LogP contribution >= 0.6 is 0 Å². The molecule has 1 heterocycles. The Bertz CT molecular complexity index is 1190. The van der Waals surface area contributed by atoms with Crippen LogP contribution in [0, 0.1) is 0 Å². The first-order valence-electron chi connectivity index (χ1n) is 10.8. The van der Waals surface area contributed by atoms with Gasteiger partial charge in [-0.2, -0.15) is 0 Å². The third-order valence-electron chi connectivity index (χ3n) is 5.54. The van der Waals surface area contributed by atoms with E-state index in [9.17, 15) is 19.2 Å². The second-order valence-corrected chi connectivity index (χ2v) is 7.89. The van der Waals surface area contributed by atoms with Crippen LogP contribution in [0.3, 0.4) is 0 Å². The van der Waals surface area contributed by atoms with Crippen molar-refractivity contribution in [2.45, 2.75) is 19.4 Å². The van der Waals surface area contributed by atoms with E-state index in [0.717, 1.165) is 10.5 Å². The van der Waals surface area contributed by atoms with E-state index in [4.69, 9.17) is 14.6 Å². The van der Waals surface area contributed by atoms with E-state index in [2.05, 4.69) is 5.32 Å². The third kappa shape index (κ3) is 5.43. The van der Waals surface area contributed by atoms with E-state index in [1.54, 1.807) is 50.4 Å². The fourth-order valence-corrected chi connectivity index (χ4v) is 3.77. The zero-order valence-electron chi connectivity index (χ0n) is 19.9. The lowest BCUT2D eigenvalue weighted by Crippen LogP contribution is -2.58. The molecule has 1 aliphatic heterocycles. The van der Waals surface area contributed by atoms with Crippen LogP contribution in [0.25, 0.3) is 11.1 Å². The highest BCUT2D eigenvalue weighted by Crippen LogP contribution is 2.36. The molecule has 0 unspecified atom stereocenters. The topological polar surface area (TPSA) is 125 Å². The molecule has 2 aromatic rings. The Kier molecular flexibility index (Phi) is 7.75. The molecule has 35 heavy (non-hydrogen) atoms. The fraction of sp³-hybridized carbons (Fsp3) is 0.280. The van der Waals surface area contributed by atoms with Gasteiger partial charge >= 0.3 is 12.0 Å². The molecule has 10 heteroatoms. The zero-order valence-corrected chi connectivity index (χ0v) is 19.9. The number of nitrogens with one attached hydrogen (secondary N) is 1. The number of ketones is 1. The van der Waals surface area contributed by atoms with Crippen molar-refractivity contribution >= 4 is 29.4 Å². The van der Waals surface area contributed by atoms with Crippen molar-refractivity contribution in [1.82, 2.24) is 10.2 Å². The maximum atomic E-state index is 13.3. The molecule has 10 nitrogen and oxygen atoms in total. The normalized spacial score (nSPS) is 15.4. The second-order valence-electron chi connectivity index (χ2n) is 7.89. The molecule has 0 spiro atoms. The van der Waals surface area contributed by atoms with Gasteiger partial charge in [-0.25, -0.2) is 4.79 Å². The molecule has 0 saturated heterocycles. The van der Waals surface area contributed by atoms with Crippen LogP contribution < -0.4 is 19.7 Å². The van der Waals surface area contributed by atoms with Crippen LogP contribution in [-0.4, -0.2) is 67.6 Å². The summed E-state index contributed by atoms with van der Waals surface area (Å²) in [6, 6.07) is 9.80. The molecule has 1 aliphatic rings. The van der Waals surface area contributed by atoms with Crippen LogP contribution in [0.5, 0.6) is 11.5 Å². The van der Waals surface area contributed by atoms with Crippen LogP contribution in [-0.2, 0) is 14.4 Å². The number of amides is 3.